The Morgan fingerprint density at radius 3 is 2.63 bits per heavy atom. The molecular formula is C15H30N2O2. The van der Waals surface area contributed by atoms with Crippen molar-refractivity contribution in [2.24, 2.45) is 5.92 Å². The quantitative estimate of drug-likeness (QED) is 0.631. The minimum atomic E-state index is 0.120. The molecule has 0 heterocycles. The van der Waals surface area contributed by atoms with Crippen molar-refractivity contribution in [2.45, 2.75) is 58.4 Å². The summed E-state index contributed by atoms with van der Waals surface area (Å²) >= 11 is 0. The Hall–Kier alpha value is -0.610. The van der Waals surface area contributed by atoms with Gasteiger partial charge in [0.1, 0.15) is 0 Å². The van der Waals surface area contributed by atoms with E-state index in [0.717, 1.165) is 32.4 Å². The molecular weight excluding hydrogens is 240 g/mol. The van der Waals surface area contributed by atoms with Crippen LogP contribution in [0.3, 0.4) is 0 Å². The summed E-state index contributed by atoms with van der Waals surface area (Å²) in [4.78, 5) is 11.7. The lowest BCUT2D eigenvalue weighted by atomic mass is 9.95. The minimum Gasteiger partial charge on any atom is -0.380 e. The molecule has 0 spiro atoms. The van der Waals surface area contributed by atoms with Gasteiger partial charge in [-0.25, -0.2) is 0 Å². The Labute approximate surface area is 117 Å². The lowest BCUT2D eigenvalue weighted by molar-refractivity contribution is -0.121. The van der Waals surface area contributed by atoms with E-state index in [1.807, 2.05) is 0 Å². The van der Waals surface area contributed by atoms with E-state index in [-0.39, 0.29) is 5.91 Å². The van der Waals surface area contributed by atoms with Crippen molar-refractivity contribution in [3.8, 4) is 0 Å². The summed E-state index contributed by atoms with van der Waals surface area (Å²) in [6.07, 6.45) is 7.21. The van der Waals surface area contributed by atoms with Crippen molar-refractivity contribution in [1.29, 1.82) is 0 Å². The van der Waals surface area contributed by atoms with E-state index in [2.05, 4.69) is 24.5 Å². The lowest BCUT2D eigenvalue weighted by Crippen LogP contribution is -2.41. The highest BCUT2D eigenvalue weighted by atomic mass is 16.5. The van der Waals surface area contributed by atoms with Crippen molar-refractivity contribution >= 4 is 5.91 Å². The molecule has 0 atom stereocenters. The molecule has 4 nitrogen and oxygen atoms in total. The second-order valence-electron chi connectivity index (χ2n) is 5.87. The molecule has 112 valence electrons. The molecule has 0 aromatic rings. The number of rotatable bonds is 9. The molecule has 1 aliphatic carbocycles. The van der Waals surface area contributed by atoms with Crippen molar-refractivity contribution in [3.05, 3.63) is 0 Å². The maximum atomic E-state index is 11.7. The molecule has 0 unspecified atom stereocenters. The molecule has 1 saturated carbocycles. The average molecular weight is 270 g/mol. The van der Waals surface area contributed by atoms with E-state index in [4.69, 9.17) is 4.74 Å². The Balaban J connectivity index is 1.89. The number of hydrogen-bond acceptors (Lipinski definition) is 3. The van der Waals surface area contributed by atoms with Gasteiger partial charge >= 0.3 is 0 Å². The number of carbonyl (C=O) groups excluding carboxylic acids is 1. The molecule has 1 fully saturated rings. The summed E-state index contributed by atoms with van der Waals surface area (Å²) in [5, 5.41) is 6.22. The third-order valence-electron chi connectivity index (χ3n) is 3.52. The van der Waals surface area contributed by atoms with Gasteiger partial charge in [-0.1, -0.05) is 33.1 Å². The first-order valence-corrected chi connectivity index (χ1v) is 7.76. The Bertz CT molecular complexity index is 238. The summed E-state index contributed by atoms with van der Waals surface area (Å²) in [5.41, 5.74) is 0. The first-order chi connectivity index (χ1) is 9.18. The number of hydrogen-bond donors (Lipinski definition) is 2. The van der Waals surface area contributed by atoms with Crippen LogP contribution >= 0.6 is 0 Å². The number of carbonyl (C=O) groups is 1. The summed E-state index contributed by atoms with van der Waals surface area (Å²) in [5.74, 6) is 0.809. The molecule has 0 aromatic carbocycles. The van der Waals surface area contributed by atoms with Gasteiger partial charge in [-0.3, -0.25) is 4.79 Å². The predicted octanol–water partition coefficient (Wildman–Crippen LogP) is 2.09. The zero-order valence-electron chi connectivity index (χ0n) is 12.5. The zero-order chi connectivity index (χ0) is 13.9. The molecule has 19 heavy (non-hydrogen) atoms. The highest BCUT2D eigenvalue weighted by Gasteiger charge is 2.14. The molecule has 0 radical (unpaired) electrons. The van der Waals surface area contributed by atoms with E-state index in [1.165, 1.54) is 19.3 Å². The topological polar surface area (TPSA) is 50.4 Å². The van der Waals surface area contributed by atoms with Crippen LogP contribution in [0.2, 0.25) is 0 Å². The lowest BCUT2D eigenvalue weighted by Gasteiger charge is -2.22. The van der Waals surface area contributed by atoms with Gasteiger partial charge in [-0.15, -0.1) is 0 Å². The normalized spacial score (nSPS) is 16.8. The van der Waals surface area contributed by atoms with Crippen LogP contribution in [-0.4, -0.2) is 38.3 Å². The first kappa shape index (κ1) is 16.4. The molecule has 0 saturated heterocycles. The maximum absolute atomic E-state index is 11.7. The van der Waals surface area contributed by atoms with Crippen LogP contribution in [0, 0.1) is 5.92 Å². The largest absolute Gasteiger partial charge is 0.380 e. The fourth-order valence-corrected chi connectivity index (χ4v) is 2.29. The second-order valence-corrected chi connectivity index (χ2v) is 5.87. The van der Waals surface area contributed by atoms with Crippen LogP contribution in [0.25, 0.3) is 0 Å². The first-order valence-electron chi connectivity index (χ1n) is 7.76. The minimum absolute atomic E-state index is 0.120. The van der Waals surface area contributed by atoms with Gasteiger partial charge in [-0.05, 0) is 25.2 Å². The van der Waals surface area contributed by atoms with Crippen LogP contribution in [0.15, 0.2) is 0 Å². The Morgan fingerprint density at radius 1 is 1.21 bits per heavy atom. The van der Waals surface area contributed by atoms with E-state index >= 15 is 0 Å². The summed E-state index contributed by atoms with van der Waals surface area (Å²) in [7, 11) is 0. The van der Waals surface area contributed by atoms with Crippen molar-refractivity contribution in [2.75, 3.05) is 26.3 Å². The maximum Gasteiger partial charge on any atom is 0.234 e. The molecule has 2 N–H and O–H groups in total. The monoisotopic (exact) mass is 270 g/mol. The molecule has 0 aromatic heterocycles. The van der Waals surface area contributed by atoms with Gasteiger partial charge in [0.25, 0.3) is 0 Å². The smallest absolute Gasteiger partial charge is 0.234 e. The van der Waals surface area contributed by atoms with Gasteiger partial charge in [0.15, 0.2) is 0 Å². The van der Waals surface area contributed by atoms with Crippen molar-refractivity contribution in [3.63, 3.8) is 0 Å². The van der Waals surface area contributed by atoms with Crippen molar-refractivity contribution in [1.82, 2.24) is 10.6 Å². The summed E-state index contributed by atoms with van der Waals surface area (Å²) < 4.78 is 5.48. The Kier molecular flexibility index (Phi) is 8.84. The van der Waals surface area contributed by atoms with Crippen molar-refractivity contribution < 1.29 is 9.53 Å². The number of amides is 1. The third kappa shape index (κ3) is 9.00. The molecule has 1 amide bonds. The predicted molar refractivity (Wildman–Crippen MR) is 78.2 cm³/mol. The van der Waals surface area contributed by atoms with E-state index in [1.54, 1.807) is 0 Å². The highest BCUT2D eigenvalue weighted by molar-refractivity contribution is 5.78. The van der Waals surface area contributed by atoms with E-state index < -0.39 is 0 Å². The molecule has 0 bridgehead atoms. The number of nitrogens with one attached hydrogen (secondary N) is 2. The zero-order valence-corrected chi connectivity index (χ0v) is 12.5. The molecule has 0 aliphatic heterocycles. The van der Waals surface area contributed by atoms with E-state index in [9.17, 15) is 4.79 Å². The SMILES string of the molecule is CC(C)CCOCCNCC(=O)NC1CCCCC1. The fourth-order valence-electron chi connectivity index (χ4n) is 2.29. The van der Waals surface area contributed by atoms with Gasteiger partial charge in [0, 0.05) is 19.2 Å². The molecule has 4 heteroatoms. The second kappa shape index (κ2) is 10.2. The highest BCUT2D eigenvalue weighted by Crippen LogP contribution is 2.16. The number of ether oxygens (including phenoxy) is 1. The third-order valence-corrected chi connectivity index (χ3v) is 3.52. The van der Waals surface area contributed by atoms with Gasteiger partial charge in [0.2, 0.25) is 5.91 Å². The van der Waals surface area contributed by atoms with Crippen LogP contribution in [0.5, 0.6) is 0 Å². The average Bonchev–Trinajstić information content (AvgIpc) is 2.38. The van der Waals surface area contributed by atoms with Crippen LogP contribution < -0.4 is 10.6 Å². The van der Waals surface area contributed by atoms with Gasteiger partial charge in [-0.2, -0.15) is 0 Å². The van der Waals surface area contributed by atoms with Crippen LogP contribution in [-0.2, 0) is 9.53 Å². The standard InChI is InChI=1S/C15H30N2O2/c1-13(2)8-10-19-11-9-16-12-15(18)17-14-6-4-3-5-7-14/h13-14,16H,3-12H2,1-2H3,(H,17,18). The molecule has 1 aliphatic rings. The summed E-state index contributed by atoms with van der Waals surface area (Å²) in [6, 6.07) is 0.408. The fraction of sp³-hybridized carbons (Fsp3) is 0.933. The molecule has 1 rings (SSSR count). The Morgan fingerprint density at radius 2 is 1.95 bits per heavy atom. The van der Waals surface area contributed by atoms with Crippen LogP contribution in [0.1, 0.15) is 52.4 Å². The summed E-state index contributed by atoms with van der Waals surface area (Å²) in [6.45, 7) is 7.03. The van der Waals surface area contributed by atoms with Gasteiger partial charge in [0.05, 0.1) is 13.2 Å². The van der Waals surface area contributed by atoms with Crippen LogP contribution in [0.4, 0.5) is 0 Å². The van der Waals surface area contributed by atoms with E-state index in [0.29, 0.717) is 25.1 Å². The van der Waals surface area contributed by atoms with Gasteiger partial charge < -0.3 is 15.4 Å².